The maximum Gasteiger partial charge on any atom is 0.261 e. The molecule has 1 amide bonds. The summed E-state index contributed by atoms with van der Waals surface area (Å²) in [6.45, 7) is 1.58. The molecule has 1 saturated heterocycles. The Hall–Kier alpha value is -1.71. The molecule has 4 nitrogen and oxygen atoms in total. The minimum absolute atomic E-state index is 0.00253. The van der Waals surface area contributed by atoms with Crippen LogP contribution in [-0.4, -0.2) is 25.2 Å². The van der Waals surface area contributed by atoms with Crippen molar-refractivity contribution in [2.45, 2.75) is 57.5 Å². The second-order valence-corrected chi connectivity index (χ2v) is 7.80. The average Bonchev–Trinajstić information content (AvgIpc) is 2.71. The van der Waals surface area contributed by atoms with Crippen molar-refractivity contribution in [2.24, 2.45) is 11.3 Å². The molecule has 0 aromatic heterocycles. The zero-order valence-corrected chi connectivity index (χ0v) is 14.3. The molecule has 1 unspecified atom stereocenters. The van der Waals surface area contributed by atoms with E-state index in [4.69, 9.17) is 9.47 Å². The first-order valence-corrected chi connectivity index (χ1v) is 9.40. The molecule has 0 radical (unpaired) electrons. The molecule has 1 N–H and O–H groups in total. The fraction of sp³-hybridized carbons (Fsp3) is 0.650. The maximum atomic E-state index is 11.9. The highest BCUT2D eigenvalue weighted by Crippen LogP contribution is 2.58. The predicted molar refractivity (Wildman–Crippen MR) is 92.2 cm³/mol. The number of benzene rings is 1. The van der Waals surface area contributed by atoms with Gasteiger partial charge in [-0.2, -0.15) is 0 Å². The molecule has 24 heavy (non-hydrogen) atoms. The number of ether oxygens (including phenoxy) is 2. The lowest BCUT2D eigenvalue weighted by Gasteiger charge is -2.54. The second-order valence-electron chi connectivity index (χ2n) is 7.80. The van der Waals surface area contributed by atoms with Crippen LogP contribution in [0.15, 0.2) is 24.3 Å². The maximum absolute atomic E-state index is 11.9. The fourth-order valence-electron chi connectivity index (χ4n) is 4.38. The first kappa shape index (κ1) is 15.8. The smallest absolute Gasteiger partial charge is 0.261 e. The molecule has 4 rings (SSSR count). The van der Waals surface area contributed by atoms with E-state index in [1.165, 1.54) is 32.1 Å². The van der Waals surface area contributed by atoms with E-state index in [9.17, 15) is 4.79 Å². The molecule has 3 fully saturated rings. The van der Waals surface area contributed by atoms with Gasteiger partial charge in [0.25, 0.3) is 5.91 Å². The predicted octanol–water partition coefficient (Wildman–Crippen LogP) is 3.69. The van der Waals surface area contributed by atoms with Crippen LogP contribution in [0.3, 0.4) is 0 Å². The van der Waals surface area contributed by atoms with E-state index in [-0.39, 0.29) is 12.0 Å². The molecule has 130 valence electrons. The third-order valence-corrected chi connectivity index (χ3v) is 5.93. The lowest BCUT2D eigenvalue weighted by atomic mass is 9.52. The van der Waals surface area contributed by atoms with Crippen LogP contribution in [0, 0.1) is 11.3 Å². The minimum Gasteiger partial charge on any atom is -0.493 e. The zero-order chi connectivity index (χ0) is 16.4. The highest BCUT2D eigenvalue weighted by molar-refractivity contribution is 5.81. The standard InChI is InChI=1S/C20H27NO3/c22-19-18(4-1-2-11-21-19)24-17-7-5-16(6-8-17)23-14-15-12-20(13-15)9-3-10-20/h5-8,15,18H,1-4,9-14H2,(H,21,22). The Balaban J connectivity index is 1.24. The average molecular weight is 329 g/mol. The van der Waals surface area contributed by atoms with Gasteiger partial charge in [-0.15, -0.1) is 0 Å². The van der Waals surface area contributed by atoms with Crippen LogP contribution >= 0.6 is 0 Å². The summed E-state index contributed by atoms with van der Waals surface area (Å²) >= 11 is 0. The Bertz CT molecular complexity index is 571. The van der Waals surface area contributed by atoms with Crippen molar-refractivity contribution in [2.75, 3.05) is 13.2 Å². The third kappa shape index (κ3) is 3.38. The summed E-state index contributed by atoms with van der Waals surface area (Å²) < 4.78 is 11.8. The molecule has 1 atom stereocenters. The van der Waals surface area contributed by atoms with Crippen molar-refractivity contribution >= 4 is 5.91 Å². The van der Waals surface area contributed by atoms with Gasteiger partial charge < -0.3 is 14.8 Å². The van der Waals surface area contributed by atoms with Crippen LogP contribution in [0.4, 0.5) is 0 Å². The Morgan fingerprint density at radius 3 is 2.50 bits per heavy atom. The van der Waals surface area contributed by atoms with E-state index < -0.39 is 0 Å². The van der Waals surface area contributed by atoms with Crippen LogP contribution in [0.2, 0.25) is 0 Å². The monoisotopic (exact) mass is 329 g/mol. The molecule has 1 heterocycles. The normalized spacial score (nSPS) is 26.0. The minimum atomic E-state index is -0.368. The molecule has 3 aliphatic rings. The molecule has 2 saturated carbocycles. The van der Waals surface area contributed by atoms with Gasteiger partial charge in [0.15, 0.2) is 6.10 Å². The molecular weight excluding hydrogens is 302 g/mol. The van der Waals surface area contributed by atoms with Crippen molar-refractivity contribution in [1.82, 2.24) is 5.32 Å². The Kier molecular flexibility index (Phi) is 4.38. The Labute approximate surface area is 143 Å². The third-order valence-electron chi connectivity index (χ3n) is 5.93. The zero-order valence-electron chi connectivity index (χ0n) is 14.3. The van der Waals surface area contributed by atoms with Gasteiger partial charge in [-0.25, -0.2) is 0 Å². The summed E-state index contributed by atoms with van der Waals surface area (Å²) in [4.78, 5) is 11.9. The molecule has 1 spiro atoms. The number of rotatable bonds is 5. The Morgan fingerprint density at radius 1 is 1.04 bits per heavy atom. The summed E-state index contributed by atoms with van der Waals surface area (Å²) in [7, 11) is 0. The lowest BCUT2D eigenvalue weighted by Crippen LogP contribution is -2.44. The highest BCUT2D eigenvalue weighted by Gasteiger charge is 2.48. The van der Waals surface area contributed by atoms with Crippen molar-refractivity contribution in [3.05, 3.63) is 24.3 Å². The Morgan fingerprint density at radius 2 is 1.79 bits per heavy atom. The number of amides is 1. The SMILES string of the molecule is O=C1NCCCCC1Oc1ccc(OCC2CC3(CCC3)C2)cc1. The lowest BCUT2D eigenvalue weighted by molar-refractivity contribution is -0.127. The number of carbonyl (C=O) groups is 1. The van der Waals surface area contributed by atoms with Crippen LogP contribution in [0.25, 0.3) is 0 Å². The molecule has 4 heteroatoms. The summed E-state index contributed by atoms with van der Waals surface area (Å²) in [5.74, 6) is 2.36. The largest absolute Gasteiger partial charge is 0.493 e. The first-order valence-electron chi connectivity index (χ1n) is 9.40. The number of hydrogen-bond donors (Lipinski definition) is 1. The molecular formula is C20H27NO3. The van der Waals surface area contributed by atoms with Gasteiger partial charge in [-0.05, 0) is 80.5 Å². The van der Waals surface area contributed by atoms with Crippen LogP contribution < -0.4 is 14.8 Å². The highest BCUT2D eigenvalue weighted by atomic mass is 16.5. The number of nitrogens with one attached hydrogen (secondary N) is 1. The summed E-state index contributed by atoms with van der Waals surface area (Å²) in [5, 5.41) is 2.90. The van der Waals surface area contributed by atoms with Crippen LogP contribution in [0.5, 0.6) is 11.5 Å². The van der Waals surface area contributed by atoms with E-state index in [2.05, 4.69) is 5.32 Å². The molecule has 1 aromatic rings. The van der Waals surface area contributed by atoms with Gasteiger partial charge in [0, 0.05) is 6.54 Å². The molecule has 1 aliphatic heterocycles. The van der Waals surface area contributed by atoms with Crippen LogP contribution in [-0.2, 0) is 4.79 Å². The van der Waals surface area contributed by atoms with Crippen molar-refractivity contribution in [3.8, 4) is 11.5 Å². The van der Waals surface area contributed by atoms with Gasteiger partial charge in [-0.1, -0.05) is 6.42 Å². The topological polar surface area (TPSA) is 47.6 Å². The van der Waals surface area contributed by atoms with E-state index in [1.807, 2.05) is 24.3 Å². The molecule has 0 bridgehead atoms. The van der Waals surface area contributed by atoms with Crippen molar-refractivity contribution in [3.63, 3.8) is 0 Å². The summed E-state index contributed by atoms with van der Waals surface area (Å²) in [5.41, 5.74) is 0.713. The first-order chi connectivity index (χ1) is 11.7. The van der Waals surface area contributed by atoms with E-state index in [1.54, 1.807) is 0 Å². The fourth-order valence-corrected chi connectivity index (χ4v) is 4.38. The van der Waals surface area contributed by atoms with E-state index in [0.717, 1.165) is 49.8 Å². The van der Waals surface area contributed by atoms with Gasteiger partial charge in [-0.3, -0.25) is 4.79 Å². The van der Waals surface area contributed by atoms with Gasteiger partial charge in [0.05, 0.1) is 6.61 Å². The van der Waals surface area contributed by atoms with E-state index >= 15 is 0 Å². The summed E-state index contributed by atoms with van der Waals surface area (Å²) in [6.07, 6.45) is 9.47. The molecule has 2 aliphatic carbocycles. The summed E-state index contributed by atoms with van der Waals surface area (Å²) in [6, 6.07) is 7.70. The number of hydrogen-bond acceptors (Lipinski definition) is 3. The molecule has 1 aromatic carbocycles. The van der Waals surface area contributed by atoms with Gasteiger partial charge >= 0.3 is 0 Å². The van der Waals surface area contributed by atoms with Crippen LogP contribution in [0.1, 0.15) is 51.4 Å². The van der Waals surface area contributed by atoms with Crippen molar-refractivity contribution < 1.29 is 14.3 Å². The number of carbonyl (C=O) groups excluding carboxylic acids is 1. The van der Waals surface area contributed by atoms with E-state index in [0.29, 0.717) is 5.41 Å². The van der Waals surface area contributed by atoms with Crippen molar-refractivity contribution in [1.29, 1.82) is 0 Å². The second kappa shape index (κ2) is 6.66. The van der Waals surface area contributed by atoms with Gasteiger partial charge in [0.2, 0.25) is 0 Å². The van der Waals surface area contributed by atoms with Gasteiger partial charge in [0.1, 0.15) is 11.5 Å². The quantitative estimate of drug-likeness (QED) is 0.896.